The van der Waals surface area contributed by atoms with Crippen LogP contribution in [0.25, 0.3) is 0 Å². The summed E-state index contributed by atoms with van der Waals surface area (Å²) in [5.74, 6) is 0. The Morgan fingerprint density at radius 1 is 1.50 bits per heavy atom. The second kappa shape index (κ2) is 4.56. The van der Waals surface area contributed by atoms with Gasteiger partial charge in [0, 0.05) is 0 Å². The average molecular weight is 341 g/mol. The molecule has 0 spiro atoms. The molecule has 3 nitrogen and oxygen atoms in total. The molecule has 0 atom stereocenters. The summed E-state index contributed by atoms with van der Waals surface area (Å²) in [6.45, 7) is 0.139. The van der Waals surface area contributed by atoms with Crippen molar-refractivity contribution >= 4 is 53.9 Å². The summed E-state index contributed by atoms with van der Waals surface area (Å²) in [5, 5.41) is 0. The van der Waals surface area contributed by atoms with Crippen LogP contribution in [0, 0.1) is 0 Å². The highest BCUT2D eigenvalue weighted by Crippen LogP contribution is 2.33. The Labute approximate surface area is 83.8 Å². The van der Waals surface area contributed by atoms with Crippen molar-refractivity contribution in [3.8, 4) is 0 Å². The number of hydrogen-bond acceptors (Lipinski definition) is 3. The molecule has 0 N–H and O–H groups in total. The maximum Gasteiger partial charge on any atom is 0.508 e. The van der Waals surface area contributed by atoms with E-state index in [0.717, 1.165) is 0 Å². The van der Waals surface area contributed by atoms with Crippen LogP contribution in [0.1, 0.15) is 0 Å². The summed E-state index contributed by atoms with van der Waals surface area (Å²) in [6, 6.07) is 0. The predicted molar refractivity (Wildman–Crippen MR) is 47.9 cm³/mol. The summed E-state index contributed by atoms with van der Waals surface area (Å²) >= 11 is 9.41. The van der Waals surface area contributed by atoms with Crippen LogP contribution in [0.3, 0.4) is 0 Å². The van der Waals surface area contributed by atoms with Gasteiger partial charge in [0.1, 0.15) is 6.61 Å². The van der Waals surface area contributed by atoms with E-state index >= 15 is 0 Å². The molecule has 60 valence electrons. The van der Waals surface area contributed by atoms with Crippen LogP contribution in [0.15, 0.2) is 0 Å². The zero-order valence-electron chi connectivity index (χ0n) is 5.07. The maximum absolute atomic E-state index is 10.4. The smallest absolute Gasteiger partial charge is 0.438 e. The van der Waals surface area contributed by atoms with Crippen LogP contribution >= 0.6 is 47.8 Å². The number of ether oxygens (including phenoxy) is 2. The molecule has 0 aromatic carbocycles. The van der Waals surface area contributed by atoms with Crippen molar-refractivity contribution in [2.75, 3.05) is 13.7 Å². The van der Waals surface area contributed by atoms with Crippen molar-refractivity contribution in [3.05, 3.63) is 0 Å². The number of halogens is 3. The van der Waals surface area contributed by atoms with Gasteiger partial charge in [-0.3, -0.25) is 0 Å². The zero-order valence-corrected chi connectivity index (χ0v) is 9.82. The third-order valence-corrected chi connectivity index (χ3v) is 1.21. The molecule has 0 aromatic rings. The van der Waals surface area contributed by atoms with Gasteiger partial charge in [-0.1, -0.05) is 47.8 Å². The molecule has 0 aliphatic heterocycles. The van der Waals surface area contributed by atoms with Gasteiger partial charge in [0.25, 0.3) is 0 Å². The van der Waals surface area contributed by atoms with E-state index in [1.807, 2.05) is 0 Å². The highest BCUT2D eigenvalue weighted by Gasteiger charge is 2.20. The van der Waals surface area contributed by atoms with E-state index in [9.17, 15) is 4.79 Å². The van der Waals surface area contributed by atoms with Crippen molar-refractivity contribution in [2.45, 2.75) is 2.14 Å². The Bertz CT molecular complexity index is 119. The van der Waals surface area contributed by atoms with Crippen LogP contribution in [0.5, 0.6) is 0 Å². The molecule has 0 fully saturated rings. The predicted octanol–water partition coefficient (Wildman–Crippen LogP) is 2.61. The lowest BCUT2D eigenvalue weighted by Crippen LogP contribution is -2.15. The van der Waals surface area contributed by atoms with E-state index in [1.54, 1.807) is 0 Å². The van der Waals surface area contributed by atoms with E-state index in [2.05, 4.69) is 57.3 Å². The normalized spacial score (nSPS) is 10.8. The number of hydrogen-bond donors (Lipinski definition) is 0. The lowest BCUT2D eigenvalue weighted by atomic mass is 10.9. The Hall–Kier alpha value is 0.710. The topological polar surface area (TPSA) is 35.5 Å². The minimum atomic E-state index is -0.706. The van der Waals surface area contributed by atoms with Gasteiger partial charge in [-0.25, -0.2) is 4.79 Å². The summed E-state index contributed by atoms with van der Waals surface area (Å²) in [7, 11) is 1.25. The number of methoxy groups -OCH3 is 1. The molecule has 0 aliphatic carbocycles. The number of carbonyl (C=O) groups is 1. The highest BCUT2D eigenvalue weighted by atomic mass is 80.0. The van der Waals surface area contributed by atoms with Gasteiger partial charge in [-0.2, -0.15) is 0 Å². The number of carbonyl (C=O) groups excluding carboxylic acids is 1. The molecule has 0 radical (unpaired) electrons. The summed E-state index contributed by atoms with van der Waals surface area (Å²) < 4.78 is 8.22. The van der Waals surface area contributed by atoms with Gasteiger partial charge in [-0.15, -0.1) is 0 Å². The summed E-state index contributed by atoms with van der Waals surface area (Å²) in [5.41, 5.74) is 0. The van der Waals surface area contributed by atoms with E-state index in [-0.39, 0.29) is 6.61 Å². The molecule has 0 saturated carbocycles. The van der Waals surface area contributed by atoms with Crippen molar-refractivity contribution < 1.29 is 14.3 Å². The first-order valence-electron chi connectivity index (χ1n) is 2.23. The SMILES string of the molecule is COC(=O)OCC(Br)(Br)Br. The van der Waals surface area contributed by atoms with Crippen LogP contribution in [-0.2, 0) is 9.47 Å². The van der Waals surface area contributed by atoms with Gasteiger partial charge in [-0.05, 0) is 0 Å². The monoisotopic (exact) mass is 338 g/mol. The number of alkyl halides is 3. The molecular weight excluding hydrogens is 336 g/mol. The van der Waals surface area contributed by atoms with E-state index < -0.39 is 8.30 Å². The highest BCUT2D eigenvalue weighted by molar-refractivity contribution is 9.39. The molecule has 0 heterocycles. The van der Waals surface area contributed by atoms with Crippen LogP contribution in [0.4, 0.5) is 4.79 Å². The lowest BCUT2D eigenvalue weighted by Gasteiger charge is -2.10. The molecule has 0 aromatic heterocycles. The van der Waals surface area contributed by atoms with Gasteiger partial charge in [0.15, 0.2) is 2.14 Å². The minimum Gasteiger partial charge on any atom is -0.438 e. The fraction of sp³-hybridized carbons (Fsp3) is 0.750. The first kappa shape index (κ1) is 10.7. The first-order chi connectivity index (χ1) is 4.45. The van der Waals surface area contributed by atoms with Crippen molar-refractivity contribution in [1.82, 2.24) is 0 Å². The van der Waals surface area contributed by atoms with E-state index in [1.165, 1.54) is 7.11 Å². The van der Waals surface area contributed by atoms with Gasteiger partial charge in [0.05, 0.1) is 7.11 Å². The Kier molecular flexibility index (Phi) is 4.88. The van der Waals surface area contributed by atoms with Crippen LogP contribution < -0.4 is 0 Å². The minimum absolute atomic E-state index is 0.139. The van der Waals surface area contributed by atoms with Crippen LogP contribution in [0.2, 0.25) is 0 Å². The van der Waals surface area contributed by atoms with E-state index in [0.29, 0.717) is 0 Å². The van der Waals surface area contributed by atoms with Gasteiger partial charge in [0.2, 0.25) is 0 Å². The lowest BCUT2D eigenvalue weighted by molar-refractivity contribution is 0.0761. The van der Waals surface area contributed by atoms with Crippen LogP contribution in [-0.4, -0.2) is 22.0 Å². The largest absolute Gasteiger partial charge is 0.508 e. The Balaban J connectivity index is 3.46. The Morgan fingerprint density at radius 2 is 2.00 bits per heavy atom. The number of rotatable bonds is 1. The summed E-state index contributed by atoms with van der Waals surface area (Å²) in [6.07, 6.45) is -0.706. The molecule has 0 aliphatic rings. The van der Waals surface area contributed by atoms with Crippen molar-refractivity contribution in [3.63, 3.8) is 0 Å². The zero-order chi connectivity index (χ0) is 8.20. The molecular formula is C4H5Br3O3. The molecule has 0 saturated heterocycles. The van der Waals surface area contributed by atoms with Crippen molar-refractivity contribution in [2.24, 2.45) is 0 Å². The fourth-order valence-electron chi connectivity index (χ4n) is 0.200. The third-order valence-electron chi connectivity index (χ3n) is 0.520. The second-order valence-electron chi connectivity index (χ2n) is 1.36. The quantitative estimate of drug-likeness (QED) is 0.544. The molecule has 0 bridgehead atoms. The molecule has 0 amide bonds. The summed E-state index contributed by atoms with van der Waals surface area (Å²) in [4.78, 5) is 10.4. The van der Waals surface area contributed by atoms with E-state index in [4.69, 9.17) is 0 Å². The molecule has 10 heavy (non-hydrogen) atoms. The Morgan fingerprint density at radius 3 is 2.30 bits per heavy atom. The standard InChI is InChI=1S/C4H5Br3O3/c1-9-3(8)10-2-4(5,6)7/h2H2,1H3. The van der Waals surface area contributed by atoms with Gasteiger partial charge >= 0.3 is 6.16 Å². The van der Waals surface area contributed by atoms with Gasteiger partial charge < -0.3 is 9.47 Å². The first-order valence-corrected chi connectivity index (χ1v) is 4.61. The molecule has 6 heteroatoms. The molecule has 0 rings (SSSR count). The fourth-order valence-corrected chi connectivity index (χ4v) is 0.543. The average Bonchev–Trinajstić information content (AvgIpc) is 1.81. The third kappa shape index (κ3) is 6.82. The molecule has 0 unspecified atom stereocenters. The van der Waals surface area contributed by atoms with Crippen molar-refractivity contribution in [1.29, 1.82) is 0 Å². The maximum atomic E-state index is 10.4. The second-order valence-corrected chi connectivity index (χ2v) is 8.61.